The molecular formula is C13H18ClN5O2S. The lowest BCUT2D eigenvalue weighted by Crippen LogP contribution is -2.24. The number of nitrogens with one attached hydrogen (secondary N) is 1. The van der Waals surface area contributed by atoms with Crippen molar-refractivity contribution in [1.82, 2.24) is 24.3 Å². The van der Waals surface area contributed by atoms with E-state index in [1.165, 1.54) is 4.68 Å². The van der Waals surface area contributed by atoms with Crippen LogP contribution < -0.4 is 4.72 Å². The van der Waals surface area contributed by atoms with E-state index < -0.39 is 10.0 Å². The summed E-state index contributed by atoms with van der Waals surface area (Å²) >= 11 is 6.02. The zero-order chi connectivity index (χ0) is 15.9. The summed E-state index contributed by atoms with van der Waals surface area (Å²) in [6.07, 6.45) is 3.26. The SMILES string of the molecule is Cc1nn(C)c(Cl)c1S(=O)(=O)NCc1cc2n(n1)CCCC2. The number of aryl methyl sites for hydroxylation is 4. The first-order valence-electron chi connectivity index (χ1n) is 7.13. The first-order chi connectivity index (χ1) is 10.4. The molecule has 1 aliphatic heterocycles. The van der Waals surface area contributed by atoms with Crippen molar-refractivity contribution in [3.05, 3.63) is 28.3 Å². The predicted molar refractivity (Wildman–Crippen MR) is 82.1 cm³/mol. The molecule has 1 aliphatic rings. The predicted octanol–water partition coefficient (Wildman–Crippen LogP) is 1.39. The Labute approximate surface area is 134 Å². The Bertz CT molecular complexity index is 785. The largest absolute Gasteiger partial charge is 0.269 e. The molecule has 7 nitrogen and oxygen atoms in total. The van der Waals surface area contributed by atoms with Gasteiger partial charge in [-0.3, -0.25) is 9.36 Å². The number of rotatable bonds is 4. The van der Waals surface area contributed by atoms with Gasteiger partial charge in [0.1, 0.15) is 10.0 Å². The Hall–Kier alpha value is -1.38. The van der Waals surface area contributed by atoms with E-state index >= 15 is 0 Å². The summed E-state index contributed by atoms with van der Waals surface area (Å²) in [6.45, 7) is 2.67. The molecule has 3 rings (SSSR count). The van der Waals surface area contributed by atoms with Crippen LogP contribution >= 0.6 is 11.6 Å². The third-order valence-corrected chi connectivity index (χ3v) is 5.88. The van der Waals surface area contributed by atoms with Gasteiger partial charge in [-0.05, 0) is 32.3 Å². The monoisotopic (exact) mass is 343 g/mol. The van der Waals surface area contributed by atoms with Crippen molar-refractivity contribution in [1.29, 1.82) is 0 Å². The summed E-state index contributed by atoms with van der Waals surface area (Å²) in [4.78, 5) is 0.0284. The maximum Gasteiger partial charge on any atom is 0.245 e. The Morgan fingerprint density at radius 2 is 2.14 bits per heavy atom. The van der Waals surface area contributed by atoms with E-state index in [1.807, 2.05) is 10.7 Å². The second kappa shape index (κ2) is 5.68. The first kappa shape index (κ1) is 15.5. The summed E-state index contributed by atoms with van der Waals surface area (Å²) in [5, 5.41) is 8.57. The summed E-state index contributed by atoms with van der Waals surface area (Å²) < 4.78 is 30.7. The maximum atomic E-state index is 12.4. The zero-order valence-corrected chi connectivity index (χ0v) is 14.1. The third-order valence-electron chi connectivity index (χ3n) is 3.78. The van der Waals surface area contributed by atoms with Gasteiger partial charge in [0, 0.05) is 19.3 Å². The molecular weight excluding hydrogens is 326 g/mol. The number of hydrogen-bond donors (Lipinski definition) is 1. The second-order valence-electron chi connectivity index (χ2n) is 5.46. The number of fused-ring (bicyclic) bond motifs is 1. The molecule has 0 radical (unpaired) electrons. The number of aromatic nitrogens is 4. The van der Waals surface area contributed by atoms with Gasteiger partial charge in [0.2, 0.25) is 10.0 Å². The van der Waals surface area contributed by atoms with Crippen molar-refractivity contribution >= 4 is 21.6 Å². The van der Waals surface area contributed by atoms with Crippen LogP contribution in [0.4, 0.5) is 0 Å². The van der Waals surface area contributed by atoms with Crippen LogP contribution in [0.5, 0.6) is 0 Å². The Morgan fingerprint density at radius 3 is 2.77 bits per heavy atom. The highest BCUT2D eigenvalue weighted by molar-refractivity contribution is 7.89. The van der Waals surface area contributed by atoms with E-state index in [0.29, 0.717) is 5.69 Å². The highest BCUT2D eigenvalue weighted by Crippen LogP contribution is 2.24. The van der Waals surface area contributed by atoms with Crippen molar-refractivity contribution in [3.8, 4) is 0 Å². The summed E-state index contributed by atoms with van der Waals surface area (Å²) in [5.41, 5.74) is 2.26. The third kappa shape index (κ3) is 2.78. The van der Waals surface area contributed by atoms with E-state index in [9.17, 15) is 8.42 Å². The molecule has 0 saturated heterocycles. The Morgan fingerprint density at radius 1 is 1.36 bits per heavy atom. The number of halogens is 1. The molecule has 1 N–H and O–H groups in total. The molecule has 0 fully saturated rings. The van der Waals surface area contributed by atoms with E-state index in [2.05, 4.69) is 14.9 Å². The van der Waals surface area contributed by atoms with Crippen molar-refractivity contribution in [2.45, 2.75) is 44.2 Å². The second-order valence-corrected chi connectivity index (χ2v) is 7.52. The van der Waals surface area contributed by atoms with Gasteiger partial charge in [-0.2, -0.15) is 10.2 Å². The molecule has 2 aromatic heterocycles. The van der Waals surface area contributed by atoms with E-state index in [1.54, 1.807) is 14.0 Å². The van der Waals surface area contributed by atoms with Crippen LogP contribution in [0.2, 0.25) is 5.15 Å². The zero-order valence-electron chi connectivity index (χ0n) is 12.5. The van der Waals surface area contributed by atoms with Crippen LogP contribution in [-0.4, -0.2) is 28.0 Å². The molecule has 0 amide bonds. The fourth-order valence-electron chi connectivity index (χ4n) is 2.72. The lowest BCUT2D eigenvalue weighted by atomic mass is 10.1. The van der Waals surface area contributed by atoms with Gasteiger partial charge in [-0.1, -0.05) is 11.6 Å². The van der Waals surface area contributed by atoms with Gasteiger partial charge in [0.05, 0.1) is 17.9 Å². The summed E-state index contributed by atoms with van der Waals surface area (Å²) in [6, 6.07) is 1.96. The smallest absolute Gasteiger partial charge is 0.245 e. The quantitative estimate of drug-likeness (QED) is 0.909. The van der Waals surface area contributed by atoms with Gasteiger partial charge in [-0.15, -0.1) is 0 Å². The molecule has 0 unspecified atom stereocenters. The lowest BCUT2D eigenvalue weighted by Gasteiger charge is -2.11. The van der Waals surface area contributed by atoms with Gasteiger partial charge < -0.3 is 0 Å². The van der Waals surface area contributed by atoms with Gasteiger partial charge in [0.25, 0.3) is 0 Å². The first-order valence-corrected chi connectivity index (χ1v) is 8.99. The van der Waals surface area contributed by atoms with E-state index in [-0.39, 0.29) is 16.6 Å². The van der Waals surface area contributed by atoms with Crippen LogP contribution in [-0.2, 0) is 36.6 Å². The minimum atomic E-state index is -3.71. The lowest BCUT2D eigenvalue weighted by molar-refractivity contribution is 0.482. The molecule has 0 bridgehead atoms. The van der Waals surface area contributed by atoms with E-state index in [4.69, 9.17) is 11.6 Å². The highest BCUT2D eigenvalue weighted by atomic mass is 35.5. The topological polar surface area (TPSA) is 81.8 Å². The normalized spacial score (nSPS) is 15.0. The van der Waals surface area contributed by atoms with Crippen molar-refractivity contribution in [2.75, 3.05) is 0 Å². The molecule has 22 heavy (non-hydrogen) atoms. The van der Waals surface area contributed by atoms with Gasteiger partial charge in [0.15, 0.2) is 0 Å². The molecule has 0 saturated carbocycles. The molecule has 9 heteroatoms. The molecule has 3 heterocycles. The number of sulfonamides is 1. The Balaban J connectivity index is 1.79. The van der Waals surface area contributed by atoms with E-state index in [0.717, 1.165) is 37.2 Å². The average molecular weight is 344 g/mol. The molecule has 2 aromatic rings. The highest BCUT2D eigenvalue weighted by Gasteiger charge is 2.25. The standard InChI is InChI=1S/C13H18ClN5O2S/c1-9-12(13(14)18(2)16-9)22(20,21)15-8-10-7-11-5-3-4-6-19(11)17-10/h7,15H,3-6,8H2,1-2H3. The average Bonchev–Trinajstić information content (AvgIpc) is 2.98. The maximum absolute atomic E-state index is 12.4. The fourth-order valence-corrected chi connectivity index (χ4v) is 4.47. The van der Waals surface area contributed by atoms with Crippen LogP contribution in [0.1, 0.15) is 29.9 Å². The molecule has 0 aromatic carbocycles. The fraction of sp³-hybridized carbons (Fsp3) is 0.538. The minimum Gasteiger partial charge on any atom is -0.269 e. The van der Waals surface area contributed by atoms with Crippen LogP contribution in [0.3, 0.4) is 0 Å². The summed E-state index contributed by atoms with van der Waals surface area (Å²) in [7, 11) is -2.11. The number of hydrogen-bond acceptors (Lipinski definition) is 4. The molecule has 0 spiro atoms. The Kier molecular flexibility index (Phi) is 4.00. The minimum absolute atomic E-state index is 0.0284. The molecule has 0 aliphatic carbocycles. The van der Waals surface area contributed by atoms with Crippen LogP contribution in [0.15, 0.2) is 11.0 Å². The summed E-state index contributed by atoms with van der Waals surface area (Å²) in [5.74, 6) is 0. The van der Waals surface area contributed by atoms with Crippen molar-refractivity contribution < 1.29 is 8.42 Å². The van der Waals surface area contributed by atoms with Gasteiger partial charge >= 0.3 is 0 Å². The van der Waals surface area contributed by atoms with Crippen molar-refractivity contribution in [2.24, 2.45) is 7.05 Å². The van der Waals surface area contributed by atoms with Crippen molar-refractivity contribution in [3.63, 3.8) is 0 Å². The van der Waals surface area contributed by atoms with Crippen LogP contribution in [0, 0.1) is 6.92 Å². The number of nitrogens with zero attached hydrogens (tertiary/aromatic N) is 4. The van der Waals surface area contributed by atoms with Crippen LogP contribution in [0.25, 0.3) is 0 Å². The molecule has 120 valence electrons. The van der Waals surface area contributed by atoms with Gasteiger partial charge in [-0.25, -0.2) is 13.1 Å². The molecule has 0 atom stereocenters.